The highest BCUT2D eigenvalue weighted by Gasteiger charge is 2.57. The number of rotatable bonds is 5. The molecule has 1 N–H and O–H groups in total. The van der Waals surface area contributed by atoms with E-state index >= 15 is 0 Å². The summed E-state index contributed by atoms with van der Waals surface area (Å²) in [6.07, 6.45) is -1.69. The third-order valence-electron chi connectivity index (χ3n) is 6.60. The lowest BCUT2D eigenvalue weighted by molar-refractivity contribution is -0.150. The number of aliphatic carboxylic acids is 1. The van der Waals surface area contributed by atoms with Crippen LogP contribution in [0, 0.1) is 0 Å². The molecule has 2 aliphatic rings. The summed E-state index contributed by atoms with van der Waals surface area (Å²) in [7, 11) is -4.68. The average Bonchev–Trinajstić information content (AvgIpc) is 3.16. The van der Waals surface area contributed by atoms with Gasteiger partial charge in [0, 0.05) is 18.8 Å². The first kappa shape index (κ1) is 23.1. The molecule has 3 aromatic rings. The van der Waals surface area contributed by atoms with Gasteiger partial charge in [-0.2, -0.15) is 12.7 Å². The molecule has 0 radical (unpaired) electrons. The maximum atomic E-state index is 13.3. The van der Waals surface area contributed by atoms with Crippen LogP contribution in [-0.4, -0.2) is 48.6 Å². The number of carboxylic acids is 1. The largest absolute Gasteiger partial charge is 0.479 e. The smallest absolute Gasteiger partial charge is 0.426 e. The Morgan fingerprint density at radius 3 is 2.11 bits per heavy atom. The number of carbonyl (C=O) groups excluding carboxylic acids is 1. The number of benzene rings is 3. The minimum Gasteiger partial charge on any atom is -0.479 e. The van der Waals surface area contributed by atoms with Crippen LogP contribution >= 0.6 is 0 Å². The molecule has 1 saturated heterocycles. The summed E-state index contributed by atoms with van der Waals surface area (Å²) in [6, 6.07) is 24.0. The van der Waals surface area contributed by atoms with E-state index in [9.17, 15) is 23.1 Å². The zero-order valence-electron chi connectivity index (χ0n) is 18.7. The van der Waals surface area contributed by atoms with E-state index in [0.717, 1.165) is 22.3 Å². The molecule has 1 amide bonds. The molecule has 5 rings (SSSR count). The molecule has 1 atom stereocenters. The number of nitrogens with zero attached hydrogens (tertiary/aromatic N) is 1. The maximum Gasteiger partial charge on any atom is 0.426 e. The first-order valence-electron chi connectivity index (χ1n) is 11.2. The second-order valence-corrected chi connectivity index (χ2v) is 10.1. The van der Waals surface area contributed by atoms with E-state index in [2.05, 4.69) is 0 Å². The Kier molecular flexibility index (Phi) is 5.82. The SMILES string of the molecule is O=C(OCC1c2ccccc2-c2ccccc21)N1[C@@](Cc2ccccc2)(C(=O)O)CCOS1(=O)=O. The van der Waals surface area contributed by atoms with Crippen molar-refractivity contribution in [3.8, 4) is 11.1 Å². The summed E-state index contributed by atoms with van der Waals surface area (Å²) in [4.78, 5) is 25.8. The van der Waals surface area contributed by atoms with E-state index in [1.807, 2.05) is 48.5 Å². The Morgan fingerprint density at radius 1 is 0.943 bits per heavy atom. The lowest BCUT2D eigenvalue weighted by atomic mass is 9.87. The molecule has 1 fully saturated rings. The average molecular weight is 494 g/mol. The highest BCUT2D eigenvalue weighted by molar-refractivity contribution is 7.85. The minimum atomic E-state index is -4.68. The van der Waals surface area contributed by atoms with Gasteiger partial charge in [-0.1, -0.05) is 78.9 Å². The number of carbonyl (C=O) groups is 2. The van der Waals surface area contributed by atoms with Crippen molar-refractivity contribution in [1.29, 1.82) is 0 Å². The molecule has 9 heteroatoms. The summed E-state index contributed by atoms with van der Waals surface area (Å²) < 4.78 is 36.4. The summed E-state index contributed by atoms with van der Waals surface area (Å²) in [6.45, 7) is -0.505. The lowest BCUT2D eigenvalue weighted by Crippen LogP contribution is -2.64. The van der Waals surface area contributed by atoms with Gasteiger partial charge in [-0.15, -0.1) is 0 Å². The van der Waals surface area contributed by atoms with Gasteiger partial charge in [0.05, 0.1) is 6.61 Å². The maximum absolute atomic E-state index is 13.3. The van der Waals surface area contributed by atoms with Crippen molar-refractivity contribution in [2.45, 2.75) is 24.3 Å². The minimum absolute atomic E-state index is 0.153. The monoisotopic (exact) mass is 493 g/mol. The summed E-state index contributed by atoms with van der Waals surface area (Å²) >= 11 is 0. The van der Waals surface area contributed by atoms with Gasteiger partial charge in [0.15, 0.2) is 5.54 Å². The zero-order valence-corrected chi connectivity index (χ0v) is 19.5. The molecule has 1 aliphatic heterocycles. The van der Waals surface area contributed by atoms with E-state index < -0.39 is 27.9 Å². The van der Waals surface area contributed by atoms with Crippen LogP contribution in [0.5, 0.6) is 0 Å². The number of amides is 1. The van der Waals surface area contributed by atoms with Crippen molar-refractivity contribution >= 4 is 22.4 Å². The molecule has 1 heterocycles. The molecule has 3 aromatic carbocycles. The molecule has 0 unspecified atom stereocenters. The Hall–Kier alpha value is -3.69. The number of hydrogen-bond donors (Lipinski definition) is 1. The predicted octanol–water partition coefficient (Wildman–Crippen LogP) is 3.97. The van der Waals surface area contributed by atoms with Crippen molar-refractivity contribution in [3.05, 3.63) is 95.6 Å². The predicted molar refractivity (Wildman–Crippen MR) is 127 cm³/mol. The van der Waals surface area contributed by atoms with E-state index in [0.29, 0.717) is 5.56 Å². The zero-order chi connectivity index (χ0) is 24.6. The highest BCUT2D eigenvalue weighted by Crippen LogP contribution is 2.45. The number of ether oxygens (including phenoxy) is 1. The third-order valence-corrected chi connectivity index (χ3v) is 8.01. The first-order chi connectivity index (χ1) is 16.8. The Bertz CT molecular complexity index is 1340. The van der Waals surface area contributed by atoms with Crippen molar-refractivity contribution < 1.29 is 32.0 Å². The fourth-order valence-electron chi connectivity index (χ4n) is 4.97. The van der Waals surface area contributed by atoms with E-state index in [4.69, 9.17) is 8.92 Å². The van der Waals surface area contributed by atoms with Crippen molar-refractivity contribution in [2.24, 2.45) is 0 Å². The van der Waals surface area contributed by atoms with Crippen LogP contribution in [0.4, 0.5) is 4.79 Å². The van der Waals surface area contributed by atoms with Gasteiger partial charge in [0.2, 0.25) is 0 Å². The van der Waals surface area contributed by atoms with Gasteiger partial charge >= 0.3 is 22.4 Å². The van der Waals surface area contributed by atoms with Gasteiger partial charge in [-0.25, -0.2) is 9.59 Å². The molecule has 0 saturated carbocycles. The summed E-state index contributed by atoms with van der Waals surface area (Å²) in [5.74, 6) is -1.75. The Balaban J connectivity index is 1.46. The van der Waals surface area contributed by atoms with Crippen LogP contribution in [0.1, 0.15) is 29.0 Å². The molecule has 180 valence electrons. The standard InChI is InChI=1S/C26H23NO7S/c28-24(29)26(16-18-8-2-1-3-9-18)14-15-34-35(31,32)27(26)25(30)33-17-23-21-12-6-4-10-19(21)20-11-5-7-13-22(20)23/h1-13,23H,14-17H2,(H,28,29)/t26-/m0/s1. The van der Waals surface area contributed by atoms with Crippen LogP contribution < -0.4 is 0 Å². The van der Waals surface area contributed by atoms with Gasteiger partial charge in [-0.05, 0) is 27.8 Å². The van der Waals surface area contributed by atoms with Gasteiger partial charge < -0.3 is 9.84 Å². The van der Waals surface area contributed by atoms with Crippen molar-refractivity contribution in [3.63, 3.8) is 0 Å². The molecule has 8 nitrogen and oxygen atoms in total. The first-order valence-corrected chi connectivity index (χ1v) is 12.5. The fraction of sp³-hybridized carbons (Fsp3) is 0.231. The molecule has 0 aromatic heterocycles. The molecule has 1 aliphatic carbocycles. The van der Waals surface area contributed by atoms with Crippen LogP contribution in [0.25, 0.3) is 11.1 Å². The lowest BCUT2D eigenvalue weighted by Gasteiger charge is -2.41. The normalized spacial score (nSPS) is 20.6. The number of carboxylic acid groups (broad SMARTS) is 1. The van der Waals surface area contributed by atoms with Crippen molar-refractivity contribution in [1.82, 2.24) is 4.31 Å². The van der Waals surface area contributed by atoms with E-state index in [1.54, 1.807) is 30.3 Å². The summed E-state index contributed by atoms with van der Waals surface area (Å²) in [5, 5.41) is 10.2. The molecule has 35 heavy (non-hydrogen) atoms. The van der Waals surface area contributed by atoms with Crippen LogP contribution in [0.15, 0.2) is 78.9 Å². The van der Waals surface area contributed by atoms with E-state index in [-0.39, 0.29) is 36.3 Å². The molecule has 0 bridgehead atoms. The number of fused-ring (bicyclic) bond motifs is 3. The Morgan fingerprint density at radius 2 is 1.51 bits per heavy atom. The molecular weight excluding hydrogens is 470 g/mol. The van der Waals surface area contributed by atoms with Gasteiger partial charge in [0.25, 0.3) is 0 Å². The van der Waals surface area contributed by atoms with Crippen LogP contribution in [-0.2, 0) is 30.4 Å². The van der Waals surface area contributed by atoms with Crippen molar-refractivity contribution in [2.75, 3.05) is 13.2 Å². The second kappa shape index (κ2) is 8.83. The highest BCUT2D eigenvalue weighted by atomic mass is 32.2. The van der Waals surface area contributed by atoms with E-state index in [1.165, 1.54) is 0 Å². The van der Waals surface area contributed by atoms with Gasteiger partial charge in [0.1, 0.15) is 6.61 Å². The van der Waals surface area contributed by atoms with Crippen LogP contribution in [0.2, 0.25) is 0 Å². The number of hydrogen-bond acceptors (Lipinski definition) is 6. The Labute approximate surface area is 203 Å². The third kappa shape index (κ3) is 3.96. The summed E-state index contributed by atoms with van der Waals surface area (Å²) in [5.41, 5.74) is 2.44. The van der Waals surface area contributed by atoms with Crippen LogP contribution in [0.3, 0.4) is 0 Å². The van der Waals surface area contributed by atoms with Gasteiger partial charge in [-0.3, -0.25) is 4.18 Å². The molecule has 0 spiro atoms. The topological polar surface area (TPSA) is 110 Å². The molecular formula is C26H23NO7S. The quantitative estimate of drug-likeness (QED) is 0.573. The second-order valence-electron chi connectivity index (χ2n) is 8.60. The fourth-order valence-corrected chi connectivity index (χ4v) is 6.26.